The molecule has 0 aliphatic rings. The molecule has 0 saturated carbocycles. The maximum Gasteiger partial charge on any atom is 0.292 e. The molecule has 0 N–H and O–H groups in total. The van der Waals surface area contributed by atoms with Crippen molar-refractivity contribution < 1.29 is 9.32 Å². The van der Waals surface area contributed by atoms with Gasteiger partial charge in [-0.25, -0.2) is 0 Å². The molecule has 0 fully saturated rings. The number of hydrogen-bond acceptors (Lipinski definition) is 4. The Morgan fingerprint density at radius 1 is 1.33 bits per heavy atom. The average Bonchev–Trinajstić information content (AvgIpc) is 2.72. The number of carbonyl (C=O) groups is 1. The highest BCUT2D eigenvalue weighted by molar-refractivity contribution is 5.91. The van der Waals surface area contributed by atoms with E-state index in [-0.39, 0.29) is 5.91 Å². The number of aromatic nitrogens is 1. The van der Waals surface area contributed by atoms with E-state index in [0.717, 1.165) is 18.7 Å². The Balaban J connectivity index is 2.57. The second-order valence-corrected chi connectivity index (χ2v) is 5.31. The van der Waals surface area contributed by atoms with E-state index in [4.69, 9.17) is 4.52 Å². The van der Waals surface area contributed by atoms with Crippen molar-refractivity contribution in [3.8, 4) is 0 Å². The highest BCUT2D eigenvalue weighted by Gasteiger charge is 2.17. The molecule has 5 nitrogen and oxygen atoms in total. The van der Waals surface area contributed by atoms with E-state index in [1.807, 2.05) is 19.0 Å². The van der Waals surface area contributed by atoms with E-state index in [9.17, 15) is 4.79 Å². The van der Waals surface area contributed by atoms with Gasteiger partial charge in [-0.3, -0.25) is 4.79 Å². The topological polar surface area (TPSA) is 49.6 Å². The molecular weight excluding hydrogens is 230 g/mol. The predicted octanol–water partition coefficient (Wildman–Crippen LogP) is 1.51. The van der Waals surface area contributed by atoms with Gasteiger partial charge in [0, 0.05) is 26.2 Å². The van der Waals surface area contributed by atoms with Crippen molar-refractivity contribution in [1.82, 2.24) is 15.0 Å². The van der Waals surface area contributed by atoms with Crippen LogP contribution in [0.1, 0.15) is 30.1 Å². The van der Waals surface area contributed by atoms with Crippen molar-refractivity contribution in [3.05, 3.63) is 17.5 Å². The molecule has 0 bridgehead atoms. The fourth-order valence-corrected chi connectivity index (χ4v) is 1.57. The normalized spacial score (nSPS) is 11.3. The van der Waals surface area contributed by atoms with Crippen molar-refractivity contribution >= 4 is 5.91 Å². The molecule has 0 spiro atoms. The molecule has 0 saturated heterocycles. The summed E-state index contributed by atoms with van der Waals surface area (Å²) in [5.41, 5.74) is 0.842. The molecule has 1 rings (SSSR count). The fraction of sp³-hybridized carbons (Fsp3) is 0.692. The third-order valence-corrected chi connectivity index (χ3v) is 2.62. The summed E-state index contributed by atoms with van der Waals surface area (Å²) >= 11 is 0. The predicted molar refractivity (Wildman–Crippen MR) is 70.6 cm³/mol. The number of carbonyl (C=O) groups excluding carboxylic acids is 1. The largest absolute Gasteiger partial charge is 0.351 e. The van der Waals surface area contributed by atoms with E-state index >= 15 is 0 Å². The summed E-state index contributed by atoms with van der Waals surface area (Å²) < 4.78 is 5.10. The summed E-state index contributed by atoms with van der Waals surface area (Å²) in [5, 5.41) is 3.92. The van der Waals surface area contributed by atoms with Gasteiger partial charge in [0.1, 0.15) is 0 Å². The van der Waals surface area contributed by atoms with E-state index in [1.54, 1.807) is 18.0 Å². The van der Waals surface area contributed by atoms with Crippen molar-refractivity contribution in [2.75, 3.05) is 34.2 Å². The van der Waals surface area contributed by atoms with Crippen LogP contribution in [-0.2, 0) is 6.42 Å². The first-order chi connectivity index (χ1) is 8.40. The van der Waals surface area contributed by atoms with Gasteiger partial charge in [-0.15, -0.1) is 0 Å². The minimum Gasteiger partial charge on any atom is -0.351 e. The molecule has 1 aromatic rings. The smallest absolute Gasteiger partial charge is 0.292 e. The number of likely N-dealkylation sites (N-methyl/N-ethyl adjacent to an activating group) is 2. The highest BCUT2D eigenvalue weighted by Crippen LogP contribution is 2.10. The number of hydrogen-bond donors (Lipinski definition) is 0. The maximum absolute atomic E-state index is 12.0. The second-order valence-electron chi connectivity index (χ2n) is 5.31. The van der Waals surface area contributed by atoms with Crippen LogP contribution in [0.25, 0.3) is 0 Å². The van der Waals surface area contributed by atoms with Crippen LogP contribution in [0.2, 0.25) is 0 Å². The van der Waals surface area contributed by atoms with Crippen LogP contribution in [0.3, 0.4) is 0 Å². The molecule has 1 amide bonds. The number of amides is 1. The van der Waals surface area contributed by atoms with Gasteiger partial charge in [-0.05, 0) is 26.4 Å². The Morgan fingerprint density at radius 3 is 2.56 bits per heavy atom. The Bertz CT molecular complexity index is 385. The molecular formula is C13H23N3O2. The highest BCUT2D eigenvalue weighted by atomic mass is 16.5. The minimum absolute atomic E-state index is 0.112. The average molecular weight is 253 g/mol. The summed E-state index contributed by atoms with van der Waals surface area (Å²) in [6.07, 6.45) is 0.832. The molecule has 0 aliphatic heterocycles. The van der Waals surface area contributed by atoms with Crippen LogP contribution in [-0.4, -0.2) is 55.1 Å². The van der Waals surface area contributed by atoms with Crippen molar-refractivity contribution in [2.45, 2.75) is 20.3 Å². The molecule has 1 aromatic heterocycles. The quantitative estimate of drug-likeness (QED) is 0.771. The Hall–Kier alpha value is -1.36. The zero-order chi connectivity index (χ0) is 13.7. The monoisotopic (exact) mass is 253 g/mol. The Morgan fingerprint density at radius 2 is 2.00 bits per heavy atom. The summed E-state index contributed by atoms with van der Waals surface area (Å²) in [6, 6.07) is 1.74. The zero-order valence-electron chi connectivity index (χ0n) is 11.9. The van der Waals surface area contributed by atoms with E-state index in [2.05, 4.69) is 19.0 Å². The van der Waals surface area contributed by atoms with Crippen LogP contribution in [0.4, 0.5) is 0 Å². The number of nitrogens with zero attached hydrogens (tertiary/aromatic N) is 3. The van der Waals surface area contributed by atoms with Gasteiger partial charge in [0.05, 0.1) is 5.69 Å². The summed E-state index contributed by atoms with van der Waals surface area (Å²) in [5.74, 6) is 0.718. The first kappa shape index (κ1) is 14.7. The second kappa shape index (κ2) is 6.54. The van der Waals surface area contributed by atoms with Crippen molar-refractivity contribution in [2.24, 2.45) is 5.92 Å². The van der Waals surface area contributed by atoms with Gasteiger partial charge < -0.3 is 14.3 Å². The van der Waals surface area contributed by atoms with E-state index in [0.29, 0.717) is 18.2 Å². The lowest BCUT2D eigenvalue weighted by molar-refractivity contribution is 0.0745. The lowest BCUT2D eigenvalue weighted by Crippen LogP contribution is -2.33. The minimum atomic E-state index is -0.112. The molecule has 18 heavy (non-hydrogen) atoms. The SMILES string of the molecule is CC(C)Cc1cc(C(=O)N(C)CCN(C)C)on1. The van der Waals surface area contributed by atoms with Crippen molar-refractivity contribution in [1.29, 1.82) is 0 Å². The van der Waals surface area contributed by atoms with Crippen LogP contribution in [0.15, 0.2) is 10.6 Å². The molecule has 102 valence electrons. The lowest BCUT2D eigenvalue weighted by atomic mass is 10.1. The van der Waals surface area contributed by atoms with Crippen LogP contribution < -0.4 is 0 Å². The third kappa shape index (κ3) is 4.49. The Labute approximate surface area is 109 Å². The van der Waals surface area contributed by atoms with Gasteiger partial charge >= 0.3 is 0 Å². The van der Waals surface area contributed by atoms with Gasteiger partial charge in [-0.1, -0.05) is 19.0 Å². The van der Waals surface area contributed by atoms with Gasteiger partial charge in [0.15, 0.2) is 0 Å². The standard InChI is InChI=1S/C13H23N3O2/c1-10(2)8-11-9-12(18-14-11)13(17)16(5)7-6-15(3)4/h9-10H,6-8H2,1-5H3. The van der Waals surface area contributed by atoms with Crippen LogP contribution >= 0.6 is 0 Å². The molecule has 0 aromatic carbocycles. The maximum atomic E-state index is 12.0. The van der Waals surface area contributed by atoms with E-state index in [1.165, 1.54) is 0 Å². The molecule has 0 unspecified atom stereocenters. The molecule has 1 heterocycles. The van der Waals surface area contributed by atoms with Crippen LogP contribution in [0.5, 0.6) is 0 Å². The summed E-state index contributed by atoms with van der Waals surface area (Å²) in [4.78, 5) is 15.7. The molecule has 0 aliphatic carbocycles. The lowest BCUT2D eigenvalue weighted by Gasteiger charge is -2.18. The van der Waals surface area contributed by atoms with Gasteiger partial charge in [0.25, 0.3) is 5.91 Å². The first-order valence-corrected chi connectivity index (χ1v) is 6.26. The molecule has 0 atom stereocenters. The Kier molecular flexibility index (Phi) is 5.34. The number of rotatable bonds is 6. The zero-order valence-corrected chi connectivity index (χ0v) is 11.9. The summed E-state index contributed by atoms with van der Waals surface area (Å²) in [7, 11) is 5.73. The third-order valence-electron chi connectivity index (χ3n) is 2.62. The van der Waals surface area contributed by atoms with E-state index < -0.39 is 0 Å². The molecule has 0 radical (unpaired) electrons. The fourth-order valence-electron chi connectivity index (χ4n) is 1.57. The van der Waals surface area contributed by atoms with Gasteiger partial charge in [-0.2, -0.15) is 0 Å². The first-order valence-electron chi connectivity index (χ1n) is 6.26. The van der Waals surface area contributed by atoms with Crippen LogP contribution in [0, 0.1) is 5.92 Å². The molecule has 5 heteroatoms. The van der Waals surface area contributed by atoms with Crippen molar-refractivity contribution in [3.63, 3.8) is 0 Å². The van der Waals surface area contributed by atoms with Gasteiger partial charge in [0.2, 0.25) is 5.76 Å². The summed E-state index contributed by atoms with van der Waals surface area (Å²) in [6.45, 7) is 5.72.